The van der Waals surface area contributed by atoms with E-state index >= 15 is 0 Å². The molecule has 0 aromatic rings. The van der Waals surface area contributed by atoms with Crippen molar-refractivity contribution >= 4 is 0 Å². The lowest BCUT2D eigenvalue weighted by Crippen LogP contribution is -2.52. The molecule has 0 aliphatic carbocycles. The summed E-state index contributed by atoms with van der Waals surface area (Å²) in [5.41, 5.74) is 0. The lowest BCUT2D eigenvalue weighted by atomic mass is 9.94. The lowest BCUT2D eigenvalue weighted by molar-refractivity contribution is 0.0722. The Kier molecular flexibility index (Phi) is 6.83. The van der Waals surface area contributed by atoms with Crippen molar-refractivity contribution in [3.05, 3.63) is 0 Å². The molecule has 0 amide bonds. The van der Waals surface area contributed by atoms with Gasteiger partial charge in [-0.25, -0.2) is 0 Å². The van der Waals surface area contributed by atoms with Gasteiger partial charge in [-0.3, -0.25) is 4.90 Å². The second-order valence-corrected chi connectivity index (χ2v) is 7.15. The van der Waals surface area contributed by atoms with Gasteiger partial charge in [0.2, 0.25) is 0 Å². The molecule has 0 aromatic carbocycles. The maximum Gasteiger partial charge on any atom is 0.0116 e. The van der Waals surface area contributed by atoms with E-state index in [0.717, 1.165) is 24.2 Å². The minimum atomic E-state index is 0.802. The molecule has 118 valence electrons. The Morgan fingerprint density at radius 3 is 2.30 bits per heavy atom. The average molecular weight is 280 g/mol. The minimum Gasteiger partial charge on any atom is -0.314 e. The fourth-order valence-corrected chi connectivity index (χ4v) is 4.46. The van der Waals surface area contributed by atoms with Crippen LogP contribution in [0.2, 0.25) is 0 Å². The van der Waals surface area contributed by atoms with Gasteiger partial charge in [0.05, 0.1) is 0 Å². The van der Waals surface area contributed by atoms with Crippen molar-refractivity contribution in [2.75, 3.05) is 6.54 Å². The van der Waals surface area contributed by atoms with Crippen LogP contribution in [0.5, 0.6) is 0 Å². The van der Waals surface area contributed by atoms with E-state index in [4.69, 9.17) is 0 Å². The van der Waals surface area contributed by atoms with Crippen molar-refractivity contribution in [3.8, 4) is 0 Å². The van der Waals surface area contributed by atoms with Crippen molar-refractivity contribution in [1.82, 2.24) is 10.2 Å². The number of nitrogens with zero attached hydrogens (tertiary/aromatic N) is 1. The SMILES string of the molecule is CCCCCCC(C)N1C2CCC1CC(NCCC)C2. The summed E-state index contributed by atoms with van der Waals surface area (Å²) >= 11 is 0. The average Bonchev–Trinajstić information content (AvgIpc) is 2.72. The molecule has 20 heavy (non-hydrogen) atoms. The van der Waals surface area contributed by atoms with Crippen LogP contribution in [0.3, 0.4) is 0 Å². The van der Waals surface area contributed by atoms with Gasteiger partial charge < -0.3 is 5.32 Å². The lowest BCUT2D eigenvalue weighted by Gasteiger charge is -2.43. The Hall–Kier alpha value is -0.0800. The first kappa shape index (κ1) is 16.3. The standard InChI is InChI=1S/C18H36N2/c1-4-6-7-8-9-15(3)20-17-10-11-18(20)14-16(13-17)19-12-5-2/h15-19H,4-14H2,1-3H3. The largest absolute Gasteiger partial charge is 0.314 e. The number of rotatable bonds is 9. The summed E-state index contributed by atoms with van der Waals surface area (Å²) in [4.78, 5) is 2.90. The fourth-order valence-electron chi connectivity index (χ4n) is 4.46. The molecule has 2 nitrogen and oxygen atoms in total. The zero-order chi connectivity index (χ0) is 14.4. The summed E-state index contributed by atoms with van der Waals surface area (Å²) in [6.45, 7) is 8.26. The van der Waals surface area contributed by atoms with Crippen LogP contribution in [0, 0.1) is 0 Å². The highest BCUT2D eigenvalue weighted by molar-refractivity contribution is 4.99. The highest BCUT2D eigenvalue weighted by Gasteiger charge is 2.42. The third-order valence-electron chi connectivity index (χ3n) is 5.46. The first-order valence-corrected chi connectivity index (χ1v) is 9.27. The van der Waals surface area contributed by atoms with Gasteiger partial charge in [-0.2, -0.15) is 0 Å². The topological polar surface area (TPSA) is 15.3 Å². The molecular weight excluding hydrogens is 244 g/mol. The van der Waals surface area contributed by atoms with Crippen molar-refractivity contribution in [3.63, 3.8) is 0 Å². The first-order valence-electron chi connectivity index (χ1n) is 9.27. The number of nitrogens with one attached hydrogen (secondary N) is 1. The van der Waals surface area contributed by atoms with E-state index in [1.165, 1.54) is 70.8 Å². The Balaban J connectivity index is 1.76. The molecule has 2 fully saturated rings. The number of hydrogen-bond donors (Lipinski definition) is 1. The third kappa shape index (κ3) is 4.21. The van der Waals surface area contributed by atoms with E-state index in [-0.39, 0.29) is 0 Å². The normalized spacial score (nSPS) is 31.6. The van der Waals surface area contributed by atoms with Crippen molar-refractivity contribution in [2.45, 2.75) is 109 Å². The van der Waals surface area contributed by atoms with Gasteiger partial charge >= 0.3 is 0 Å². The Labute approximate surface area is 126 Å². The monoisotopic (exact) mass is 280 g/mol. The molecule has 3 unspecified atom stereocenters. The first-order chi connectivity index (χ1) is 9.76. The molecule has 0 radical (unpaired) electrons. The molecule has 2 aliphatic heterocycles. The van der Waals surface area contributed by atoms with Crippen LogP contribution in [-0.2, 0) is 0 Å². The highest BCUT2D eigenvalue weighted by atomic mass is 15.3. The van der Waals surface area contributed by atoms with Gasteiger partial charge in [0.1, 0.15) is 0 Å². The molecule has 0 aromatic heterocycles. The number of unbranched alkanes of at least 4 members (excludes halogenated alkanes) is 3. The maximum atomic E-state index is 3.76. The minimum absolute atomic E-state index is 0.802. The number of fused-ring (bicyclic) bond motifs is 2. The van der Waals surface area contributed by atoms with Crippen LogP contribution in [0.15, 0.2) is 0 Å². The van der Waals surface area contributed by atoms with E-state index in [1.54, 1.807) is 0 Å². The van der Waals surface area contributed by atoms with Crippen LogP contribution in [0.4, 0.5) is 0 Å². The molecule has 2 bridgehead atoms. The van der Waals surface area contributed by atoms with E-state index in [1.807, 2.05) is 0 Å². The maximum absolute atomic E-state index is 3.76. The van der Waals surface area contributed by atoms with Gasteiger partial charge in [0.25, 0.3) is 0 Å². The van der Waals surface area contributed by atoms with Crippen molar-refractivity contribution in [1.29, 1.82) is 0 Å². The molecular formula is C18H36N2. The van der Waals surface area contributed by atoms with Crippen LogP contribution in [0.25, 0.3) is 0 Å². The molecule has 3 atom stereocenters. The molecule has 2 aliphatic rings. The molecule has 2 heteroatoms. The molecule has 1 N–H and O–H groups in total. The van der Waals surface area contributed by atoms with Gasteiger partial charge in [-0.05, 0) is 52.0 Å². The van der Waals surface area contributed by atoms with Crippen LogP contribution < -0.4 is 5.32 Å². The van der Waals surface area contributed by atoms with Crippen molar-refractivity contribution < 1.29 is 0 Å². The number of hydrogen-bond acceptors (Lipinski definition) is 2. The molecule has 0 saturated carbocycles. The van der Waals surface area contributed by atoms with Crippen LogP contribution in [0.1, 0.15) is 85.0 Å². The zero-order valence-electron chi connectivity index (χ0n) is 14.0. The summed E-state index contributed by atoms with van der Waals surface area (Å²) in [5.74, 6) is 0. The molecule has 2 rings (SSSR count). The van der Waals surface area contributed by atoms with Gasteiger partial charge in [-0.15, -0.1) is 0 Å². The second-order valence-electron chi connectivity index (χ2n) is 7.15. The Bertz CT molecular complexity index is 252. The summed E-state index contributed by atoms with van der Waals surface area (Å²) in [5, 5.41) is 3.76. The Morgan fingerprint density at radius 2 is 1.70 bits per heavy atom. The molecule has 2 saturated heterocycles. The number of piperidine rings is 1. The predicted molar refractivity (Wildman–Crippen MR) is 88.2 cm³/mol. The Morgan fingerprint density at radius 1 is 1.00 bits per heavy atom. The van der Waals surface area contributed by atoms with Crippen LogP contribution in [-0.4, -0.2) is 35.6 Å². The van der Waals surface area contributed by atoms with E-state index in [9.17, 15) is 0 Å². The predicted octanol–water partition coefficient (Wildman–Crippen LogP) is 4.34. The zero-order valence-corrected chi connectivity index (χ0v) is 14.0. The third-order valence-corrected chi connectivity index (χ3v) is 5.46. The summed E-state index contributed by atoms with van der Waals surface area (Å²) < 4.78 is 0. The van der Waals surface area contributed by atoms with Gasteiger partial charge in [0, 0.05) is 24.2 Å². The van der Waals surface area contributed by atoms with Gasteiger partial charge in [0.15, 0.2) is 0 Å². The second kappa shape index (κ2) is 8.38. The summed E-state index contributed by atoms with van der Waals surface area (Å²) in [7, 11) is 0. The van der Waals surface area contributed by atoms with Gasteiger partial charge in [-0.1, -0.05) is 39.5 Å². The quantitative estimate of drug-likeness (QED) is 0.632. The van der Waals surface area contributed by atoms with Crippen LogP contribution >= 0.6 is 0 Å². The van der Waals surface area contributed by atoms with Crippen molar-refractivity contribution in [2.24, 2.45) is 0 Å². The summed E-state index contributed by atoms with van der Waals surface area (Å²) in [6.07, 6.45) is 14.0. The van der Waals surface area contributed by atoms with E-state index in [0.29, 0.717) is 0 Å². The smallest absolute Gasteiger partial charge is 0.0116 e. The summed E-state index contributed by atoms with van der Waals surface area (Å²) in [6, 6.07) is 3.38. The molecule has 2 heterocycles. The highest BCUT2D eigenvalue weighted by Crippen LogP contribution is 2.38. The van der Waals surface area contributed by atoms with E-state index < -0.39 is 0 Å². The van der Waals surface area contributed by atoms with E-state index in [2.05, 4.69) is 31.0 Å². The molecule has 0 spiro atoms. The fraction of sp³-hybridized carbons (Fsp3) is 1.00.